The van der Waals surface area contributed by atoms with Crippen molar-refractivity contribution in [1.82, 2.24) is 10.2 Å². The van der Waals surface area contributed by atoms with Crippen molar-refractivity contribution in [3.05, 3.63) is 22.4 Å². The first kappa shape index (κ1) is 16.0. The van der Waals surface area contributed by atoms with Crippen LogP contribution in [0.5, 0.6) is 0 Å². The molecule has 3 rings (SSSR count). The molecule has 0 radical (unpaired) electrons. The van der Waals surface area contributed by atoms with E-state index in [1.54, 1.807) is 11.3 Å². The van der Waals surface area contributed by atoms with Crippen molar-refractivity contribution in [1.29, 1.82) is 0 Å². The summed E-state index contributed by atoms with van der Waals surface area (Å²) in [6.07, 6.45) is 5.82. The number of hydrogen-bond acceptors (Lipinski definition) is 4. The summed E-state index contributed by atoms with van der Waals surface area (Å²) in [5.41, 5.74) is 0. The highest BCUT2D eigenvalue weighted by Gasteiger charge is 2.26. The Morgan fingerprint density at radius 3 is 2.77 bits per heavy atom. The van der Waals surface area contributed by atoms with E-state index in [2.05, 4.69) is 27.7 Å². The van der Waals surface area contributed by atoms with Crippen LogP contribution in [0.1, 0.15) is 43.0 Å². The van der Waals surface area contributed by atoms with Gasteiger partial charge in [0, 0.05) is 30.4 Å². The van der Waals surface area contributed by atoms with Gasteiger partial charge in [-0.3, -0.25) is 9.69 Å². The smallest absolute Gasteiger partial charge is 0.223 e. The molecule has 2 aliphatic rings. The van der Waals surface area contributed by atoms with Crippen molar-refractivity contribution in [3.8, 4) is 0 Å². The Kier molecular flexibility index (Phi) is 5.87. The molecule has 1 saturated carbocycles. The summed E-state index contributed by atoms with van der Waals surface area (Å²) in [4.78, 5) is 16.2. The lowest BCUT2D eigenvalue weighted by Crippen LogP contribution is -2.44. The summed E-state index contributed by atoms with van der Waals surface area (Å²) in [6.45, 7) is 4.19. The molecule has 0 aromatic carbocycles. The first-order chi connectivity index (χ1) is 10.8. The Hall–Kier alpha value is -0.910. The Morgan fingerprint density at radius 1 is 1.32 bits per heavy atom. The molecule has 1 amide bonds. The Bertz CT molecular complexity index is 451. The van der Waals surface area contributed by atoms with E-state index in [1.807, 2.05) is 0 Å². The van der Waals surface area contributed by atoms with Gasteiger partial charge in [0.2, 0.25) is 5.91 Å². The maximum atomic E-state index is 12.4. The molecule has 22 heavy (non-hydrogen) atoms. The molecule has 1 saturated heterocycles. The molecule has 0 unspecified atom stereocenters. The zero-order valence-corrected chi connectivity index (χ0v) is 13.9. The van der Waals surface area contributed by atoms with Crippen LogP contribution in [-0.4, -0.2) is 43.7 Å². The summed E-state index contributed by atoms with van der Waals surface area (Å²) in [5, 5.41) is 5.34. The standard InChI is InChI=1S/C17H26N2O2S/c20-17(14-5-2-1-3-6-14)18-13-15(16-7-4-12-22-16)19-8-10-21-11-9-19/h4,7,12,14-15H,1-3,5-6,8-11,13H2,(H,18,20)/t15-/m0/s1. The lowest BCUT2D eigenvalue weighted by molar-refractivity contribution is -0.126. The second kappa shape index (κ2) is 8.09. The maximum Gasteiger partial charge on any atom is 0.223 e. The molecular formula is C17H26N2O2S. The first-order valence-electron chi connectivity index (χ1n) is 8.47. The molecule has 5 heteroatoms. The predicted molar refractivity (Wildman–Crippen MR) is 89.0 cm³/mol. The molecule has 4 nitrogen and oxygen atoms in total. The fourth-order valence-electron chi connectivity index (χ4n) is 3.49. The average molecular weight is 322 g/mol. The van der Waals surface area contributed by atoms with Crippen LogP contribution >= 0.6 is 11.3 Å². The molecule has 1 aromatic heterocycles. The lowest BCUT2D eigenvalue weighted by atomic mass is 9.88. The average Bonchev–Trinajstić information content (AvgIpc) is 3.11. The summed E-state index contributed by atoms with van der Waals surface area (Å²) in [6, 6.07) is 4.56. The second-order valence-electron chi connectivity index (χ2n) is 6.26. The van der Waals surface area contributed by atoms with E-state index in [0.29, 0.717) is 0 Å². The molecule has 0 bridgehead atoms. The number of ether oxygens (including phenoxy) is 1. The van der Waals surface area contributed by atoms with Crippen LogP contribution in [0.25, 0.3) is 0 Å². The van der Waals surface area contributed by atoms with Gasteiger partial charge in [-0.1, -0.05) is 25.3 Å². The van der Waals surface area contributed by atoms with Crippen LogP contribution < -0.4 is 5.32 Å². The van der Waals surface area contributed by atoms with Gasteiger partial charge in [-0.05, 0) is 24.3 Å². The van der Waals surface area contributed by atoms with Crippen LogP contribution in [0.15, 0.2) is 17.5 Å². The summed E-state index contributed by atoms with van der Waals surface area (Å²) in [5.74, 6) is 0.497. The van der Waals surface area contributed by atoms with Gasteiger partial charge in [0.25, 0.3) is 0 Å². The van der Waals surface area contributed by atoms with E-state index in [1.165, 1.54) is 24.1 Å². The molecule has 1 aromatic rings. The number of carbonyl (C=O) groups is 1. The fraction of sp³-hybridized carbons (Fsp3) is 0.706. The van der Waals surface area contributed by atoms with Crippen molar-refractivity contribution in [2.75, 3.05) is 32.8 Å². The summed E-state index contributed by atoms with van der Waals surface area (Å²) < 4.78 is 5.46. The minimum atomic E-state index is 0.238. The van der Waals surface area contributed by atoms with Gasteiger partial charge in [0.15, 0.2) is 0 Å². The number of hydrogen-bond donors (Lipinski definition) is 1. The van der Waals surface area contributed by atoms with E-state index < -0.39 is 0 Å². The fourth-order valence-corrected chi connectivity index (χ4v) is 4.35. The predicted octanol–water partition coefficient (Wildman–Crippen LogP) is 2.82. The van der Waals surface area contributed by atoms with Crippen LogP contribution in [0.4, 0.5) is 0 Å². The van der Waals surface area contributed by atoms with Crippen LogP contribution in [0.2, 0.25) is 0 Å². The zero-order chi connectivity index (χ0) is 15.2. The number of rotatable bonds is 5. The van der Waals surface area contributed by atoms with E-state index >= 15 is 0 Å². The quantitative estimate of drug-likeness (QED) is 0.906. The van der Waals surface area contributed by atoms with Gasteiger partial charge >= 0.3 is 0 Å². The molecule has 1 atom stereocenters. The van der Waals surface area contributed by atoms with Crippen LogP contribution in [0.3, 0.4) is 0 Å². The lowest BCUT2D eigenvalue weighted by Gasteiger charge is -2.34. The number of nitrogens with one attached hydrogen (secondary N) is 1. The third-order valence-electron chi connectivity index (χ3n) is 4.80. The minimum absolute atomic E-state index is 0.238. The van der Waals surface area contributed by atoms with Crippen molar-refractivity contribution >= 4 is 17.2 Å². The number of amides is 1. The Morgan fingerprint density at radius 2 is 2.09 bits per heavy atom. The van der Waals surface area contributed by atoms with E-state index in [4.69, 9.17) is 4.74 Å². The zero-order valence-electron chi connectivity index (χ0n) is 13.1. The van der Waals surface area contributed by atoms with Crippen molar-refractivity contribution in [3.63, 3.8) is 0 Å². The Balaban J connectivity index is 1.58. The number of carbonyl (C=O) groups excluding carboxylic acids is 1. The van der Waals surface area contributed by atoms with E-state index in [9.17, 15) is 4.79 Å². The number of morpholine rings is 1. The molecular weight excluding hydrogens is 296 g/mol. The van der Waals surface area contributed by atoms with Gasteiger partial charge in [0.05, 0.1) is 19.3 Å². The van der Waals surface area contributed by atoms with Gasteiger partial charge in [0.1, 0.15) is 0 Å². The summed E-state index contributed by atoms with van der Waals surface area (Å²) >= 11 is 1.78. The highest BCUT2D eigenvalue weighted by atomic mass is 32.1. The van der Waals surface area contributed by atoms with Crippen molar-refractivity contribution in [2.45, 2.75) is 38.1 Å². The van der Waals surface area contributed by atoms with Gasteiger partial charge in [-0.2, -0.15) is 0 Å². The SMILES string of the molecule is O=C(NC[C@@H](c1cccs1)N1CCOCC1)C1CCCCC1. The molecule has 1 N–H and O–H groups in total. The molecule has 1 aliphatic carbocycles. The Labute approximate surface area is 136 Å². The molecule has 0 spiro atoms. The molecule has 2 fully saturated rings. The number of thiophene rings is 1. The van der Waals surface area contributed by atoms with Gasteiger partial charge < -0.3 is 10.1 Å². The van der Waals surface area contributed by atoms with Crippen molar-refractivity contribution in [2.24, 2.45) is 5.92 Å². The third kappa shape index (κ3) is 4.09. The van der Waals surface area contributed by atoms with Crippen molar-refractivity contribution < 1.29 is 9.53 Å². The molecule has 2 heterocycles. The highest BCUT2D eigenvalue weighted by molar-refractivity contribution is 7.10. The molecule has 1 aliphatic heterocycles. The van der Waals surface area contributed by atoms with Crippen LogP contribution in [0, 0.1) is 5.92 Å². The highest BCUT2D eigenvalue weighted by Crippen LogP contribution is 2.27. The summed E-state index contributed by atoms with van der Waals surface area (Å²) in [7, 11) is 0. The number of nitrogens with zero attached hydrogens (tertiary/aromatic N) is 1. The molecule has 122 valence electrons. The van der Waals surface area contributed by atoms with E-state index in [-0.39, 0.29) is 17.9 Å². The first-order valence-corrected chi connectivity index (χ1v) is 9.35. The monoisotopic (exact) mass is 322 g/mol. The topological polar surface area (TPSA) is 41.6 Å². The van der Waals surface area contributed by atoms with Gasteiger partial charge in [-0.15, -0.1) is 11.3 Å². The van der Waals surface area contributed by atoms with Crippen LogP contribution in [-0.2, 0) is 9.53 Å². The van der Waals surface area contributed by atoms with Gasteiger partial charge in [-0.25, -0.2) is 0 Å². The minimum Gasteiger partial charge on any atom is -0.379 e. The normalized spacial score (nSPS) is 22.4. The van der Waals surface area contributed by atoms with E-state index in [0.717, 1.165) is 45.7 Å². The largest absolute Gasteiger partial charge is 0.379 e. The second-order valence-corrected chi connectivity index (χ2v) is 7.24. The maximum absolute atomic E-state index is 12.4. The third-order valence-corrected chi connectivity index (χ3v) is 5.78.